The van der Waals surface area contributed by atoms with E-state index in [1.807, 2.05) is 0 Å². The van der Waals surface area contributed by atoms with Gasteiger partial charge in [-0.2, -0.15) is 0 Å². The van der Waals surface area contributed by atoms with Gasteiger partial charge in [0, 0.05) is 13.1 Å². The summed E-state index contributed by atoms with van der Waals surface area (Å²) in [4.78, 5) is 12.9. The molecule has 0 radical (unpaired) electrons. The highest BCUT2D eigenvalue weighted by Crippen LogP contribution is 2.16. The summed E-state index contributed by atoms with van der Waals surface area (Å²) in [5.74, 6) is -5.30. The van der Waals surface area contributed by atoms with Crippen LogP contribution in [0.4, 0.5) is 13.2 Å². The maximum atomic E-state index is 13.3. The number of benzene rings is 1. The van der Waals surface area contributed by atoms with Crippen LogP contribution in [0.5, 0.6) is 0 Å². The number of halogens is 3. The van der Waals surface area contributed by atoms with Crippen LogP contribution in [-0.4, -0.2) is 35.6 Å². The van der Waals surface area contributed by atoms with Gasteiger partial charge in [0.1, 0.15) is 0 Å². The van der Waals surface area contributed by atoms with Crippen molar-refractivity contribution in [3.05, 3.63) is 35.1 Å². The first-order valence-corrected chi connectivity index (χ1v) is 5.06. The lowest BCUT2D eigenvalue weighted by atomic mass is 10.1. The first-order chi connectivity index (χ1) is 8.02. The SMILES string of the molecule is CCN(CCO)C(=O)c1ccc(F)c(F)c1F. The van der Waals surface area contributed by atoms with E-state index in [4.69, 9.17) is 5.11 Å². The Balaban J connectivity index is 3.08. The molecule has 0 unspecified atom stereocenters. The van der Waals surface area contributed by atoms with E-state index in [9.17, 15) is 18.0 Å². The Bertz CT molecular complexity index is 423. The summed E-state index contributed by atoms with van der Waals surface area (Å²) in [5, 5.41) is 8.71. The van der Waals surface area contributed by atoms with E-state index in [1.54, 1.807) is 6.92 Å². The molecule has 0 aliphatic carbocycles. The van der Waals surface area contributed by atoms with E-state index in [0.29, 0.717) is 6.07 Å². The minimum absolute atomic E-state index is 0.00771. The van der Waals surface area contributed by atoms with E-state index < -0.39 is 28.9 Å². The summed E-state index contributed by atoms with van der Waals surface area (Å²) < 4.78 is 38.9. The van der Waals surface area contributed by atoms with Crippen molar-refractivity contribution in [1.82, 2.24) is 4.90 Å². The molecule has 0 aromatic heterocycles. The van der Waals surface area contributed by atoms with Crippen LogP contribution in [-0.2, 0) is 0 Å². The number of hydrogen-bond acceptors (Lipinski definition) is 2. The van der Waals surface area contributed by atoms with Crippen molar-refractivity contribution in [2.24, 2.45) is 0 Å². The summed E-state index contributed by atoms with van der Waals surface area (Å²) in [6, 6.07) is 1.58. The average Bonchev–Trinajstić information content (AvgIpc) is 2.32. The van der Waals surface area contributed by atoms with Crippen molar-refractivity contribution in [3.63, 3.8) is 0 Å². The highest BCUT2D eigenvalue weighted by molar-refractivity contribution is 5.94. The Morgan fingerprint density at radius 2 is 1.94 bits per heavy atom. The first kappa shape index (κ1) is 13.5. The summed E-state index contributed by atoms with van der Waals surface area (Å²) in [6.45, 7) is 1.59. The number of aliphatic hydroxyl groups is 1. The normalized spacial score (nSPS) is 10.4. The highest BCUT2D eigenvalue weighted by atomic mass is 19.2. The number of nitrogens with zero attached hydrogens (tertiary/aromatic N) is 1. The summed E-state index contributed by atoms with van der Waals surface area (Å²) >= 11 is 0. The maximum absolute atomic E-state index is 13.3. The molecular formula is C11H12F3NO2. The average molecular weight is 247 g/mol. The molecule has 0 aliphatic heterocycles. The van der Waals surface area contributed by atoms with Crippen LogP contribution in [0, 0.1) is 17.5 Å². The van der Waals surface area contributed by atoms with Gasteiger partial charge in [0.05, 0.1) is 12.2 Å². The molecule has 0 fully saturated rings. The number of likely N-dealkylation sites (N-methyl/N-ethyl adjacent to an activating group) is 1. The molecule has 1 N–H and O–H groups in total. The third kappa shape index (κ3) is 2.76. The summed E-state index contributed by atoms with van der Waals surface area (Å²) in [5.41, 5.74) is -0.542. The minimum Gasteiger partial charge on any atom is -0.395 e. The smallest absolute Gasteiger partial charge is 0.257 e. The largest absolute Gasteiger partial charge is 0.395 e. The number of carbonyl (C=O) groups excluding carboxylic acids is 1. The molecular weight excluding hydrogens is 235 g/mol. The van der Waals surface area contributed by atoms with Gasteiger partial charge in [0.2, 0.25) is 0 Å². The van der Waals surface area contributed by atoms with Gasteiger partial charge in [0.15, 0.2) is 17.5 Å². The van der Waals surface area contributed by atoms with Crippen LogP contribution < -0.4 is 0 Å². The molecule has 94 valence electrons. The van der Waals surface area contributed by atoms with Crippen molar-refractivity contribution >= 4 is 5.91 Å². The molecule has 0 saturated heterocycles. The number of carbonyl (C=O) groups is 1. The molecule has 6 heteroatoms. The third-order valence-corrected chi connectivity index (χ3v) is 2.30. The van der Waals surface area contributed by atoms with Crippen molar-refractivity contribution in [1.29, 1.82) is 0 Å². The highest BCUT2D eigenvalue weighted by Gasteiger charge is 2.22. The third-order valence-electron chi connectivity index (χ3n) is 2.30. The number of aliphatic hydroxyl groups excluding tert-OH is 1. The Morgan fingerprint density at radius 1 is 1.29 bits per heavy atom. The molecule has 0 aliphatic rings. The second kappa shape index (κ2) is 5.67. The van der Waals surface area contributed by atoms with Gasteiger partial charge in [-0.1, -0.05) is 0 Å². The fourth-order valence-corrected chi connectivity index (χ4v) is 1.39. The number of rotatable bonds is 4. The molecule has 0 bridgehead atoms. The van der Waals surface area contributed by atoms with Crippen LogP contribution in [0.25, 0.3) is 0 Å². The van der Waals surface area contributed by atoms with Gasteiger partial charge >= 0.3 is 0 Å². The molecule has 0 spiro atoms. The van der Waals surface area contributed by atoms with Gasteiger partial charge in [0.25, 0.3) is 5.91 Å². The Labute approximate surface area is 96.5 Å². The zero-order chi connectivity index (χ0) is 13.0. The zero-order valence-corrected chi connectivity index (χ0v) is 9.21. The fourth-order valence-electron chi connectivity index (χ4n) is 1.39. The summed E-state index contributed by atoms with van der Waals surface area (Å²) in [6.07, 6.45) is 0. The van der Waals surface area contributed by atoms with Gasteiger partial charge < -0.3 is 10.0 Å². The predicted octanol–water partition coefficient (Wildman–Crippen LogP) is 1.56. The Morgan fingerprint density at radius 3 is 2.47 bits per heavy atom. The van der Waals surface area contributed by atoms with Gasteiger partial charge in [-0.15, -0.1) is 0 Å². The lowest BCUT2D eigenvalue weighted by Gasteiger charge is -2.19. The molecule has 0 atom stereocenters. The fraction of sp³-hybridized carbons (Fsp3) is 0.364. The molecule has 0 heterocycles. The zero-order valence-electron chi connectivity index (χ0n) is 9.21. The molecule has 1 rings (SSSR count). The van der Waals surface area contributed by atoms with E-state index in [-0.39, 0.29) is 19.7 Å². The van der Waals surface area contributed by atoms with E-state index >= 15 is 0 Å². The predicted molar refractivity (Wildman–Crippen MR) is 55.0 cm³/mol. The summed E-state index contributed by atoms with van der Waals surface area (Å²) in [7, 11) is 0. The minimum atomic E-state index is -1.67. The maximum Gasteiger partial charge on any atom is 0.257 e. The van der Waals surface area contributed by atoms with E-state index in [1.165, 1.54) is 0 Å². The van der Waals surface area contributed by atoms with Crippen molar-refractivity contribution in [2.45, 2.75) is 6.92 Å². The van der Waals surface area contributed by atoms with Crippen LogP contribution in [0.3, 0.4) is 0 Å². The number of amides is 1. The van der Waals surface area contributed by atoms with Crippen LogP contribution >= 0.6 is 0 Å². The number of hydrogen-bond donors (Lipinski definition) is 1. The van der Waals surface area contributed by atoms with Crippen molar-refractivity contribution in [3.8, 4) is 0 Å². The Hall–Kier alpha value is -1.56. The molecule has 1 amide bonds. The van der Waals surface area contributed by atoms with E-state index in [2.05, 4.69) is 0 Å². The van der Waals surface area contributed by atoms with Gasteiger partial charge in [-0.25, -0.2) is 13.2 Å². The standard InChI is InChI=1S/C11H12F3NO2/c1-2-15(5-6-16)11(17)7-3-4-8(12)10(14)9(7)13/h3-4,16H,2,5-6H2,1H3. The molecule has 17 heavy (non-hydrogen) atoms. The molecule has 0 saturated carbocycles. The van der Waals surface area contributed by atoms with Gasteiger partial charge in [-0.05, 0) is 19.1 Å². The lowest BCUT2D eigenvalue weighted by Crippen LogP contribution is -2.34. The van der Waals surface area contributed by atoms with Crippen LogP contribution in [0.15, 0.2) is 12.1 Å². The lowest BCUT2D eigenvalue weighted by molar-refractivity contribution is 0.0726. The second-order valence-electron chi connectivity index (χ2n) is 3.33. The first-order valence-electron chi connectivity index (χ1n) is 5.06. The van der Waals surface area contributed by atoms with Crippen molar-refractivity contribution < 1.29 is 23.1 Å². The molecule has 1 aromatic carbocycles. The second-order valence-corrected chi connectivity index (χ2v) is 3.33. The monoisotopic (exact) mass is 247 g/mol. The van der Waals surface area contributed by atoms with Crippen molar-refractivity contribution in [2.75, 3.05) is 19.7 Å². The van der Waals surface area contributed by atoms with Crippen LogP contribution in [0.1, 0.15) is 17.3 Å². The van der Waals surface area contributed by atoms with Gasteiger partial charge in [-0.3, -0.25) is 4.79 Å². The van der Waals surface area contributed by atoms with Crippen LogP contribution in [0.2, 0.25) is 0 Å². The molecule has 3 nitrogen and oxygen atoms in total. The van der Waals surface area contributed by atoms with E-state index in [0.717, 1.165) is 11.0 Å². The Kier molecular flexibility index (Phi) is 4.51. The quantitative estimate of drug-likeness (QED) is 0.820. The topological polar surface area (TPSA) is 40.5 Å². The molecule has 1 aromatic rings.